The van der Waals surface area contributed by atoms with Gasteiger partial charge in [0.15, 0.2) is 6.23 Å². The lowest BCUT2D eigenvalue weighted by Crippen LogP contribution is -2.49. The third-order valence-electron chi connectivity index (χ3n) is 6.46. The van der Waals surface area contributed by atoms with E-state index < -0.39 is 11.2 Å². The summed E-state index contributed by atoms with van der Waals surface area (Å²) in [5.41, 5.74) is 2.49. The molecule has 2 aliphatic heterocycles. The second-order valence-corrected chi connectivity index (χ2v) is 8.23. The van der Waals surface area contributed by atoms with Crippen LogP contribution in [0.5, 0.6) is 0 Å². The summed E-state index contributed by atoms with van der Waals surface area (Å²) in [5, 5.41) is 23.6. The van der Waals surface area contributed by atoms with E-state index in [9.17, 15) is 20.0 Å². The second kappa shape index (κ2) is 8.22. The first-order chi connectivity index (χ1) is 15.5. The Bertz CT molecular complexity index is 1170. The summed E-state index contributed by atoms with van der Waals surface area (Å²) >= 11 is 0. The highest BCUT2D eigenvalue weighted by atomic mass is 16.6. The predicted octanol–water partition coefficient (Wildman–Crippen LogP) is 3.02. The number of rotatable bonds is 5. The molecule has 0 spiro atoms. The van der Waals surface area contributed by atoms with Gasteiger partial charge in [0, 0.05) is 73.6 Å². The summed E-state index contributed by atoms with van der Waals surface area (Å²) in [7, 11) is 0. The van der Waals surface area contributed by atoms with Crippen LogP contribution < -0.4 is 4.90 Å². The molecule has 0 saturated carbocycles. The van der Waals surface area contributed by atoms with Crippen LogP contribution in [0.25, 0.3) is 10.8 Å². The molecular formula is C24H24N4O4. The van der Waals surface area contributed by atoms with Crippen molar-refractivity contribution in [3.63, 3.8) is 0 Å². The van der Waals surface area contributed by atoms with Crippen LogP contribution in [0.15, 0.2) is 60.7 Å². The lowest BCUT2D eigenvalue weighted by atomic mass is 9.93. The molecule has 8 nitrogen and oxygen atoms in total. The standard InChI is InChI=1S/C24H24N4O4/c29-23-20-5-1-3-17-4-2-6-21(22(17)20)24(30)27(23)16-13-25-11-14-26(15-12-25)18-7-9-19(10-8-18)28(31)32/h1-10,23,29H,11-16H2. The van der Waals surface area contributed by atoms with Gasteiger partial charge in [-0.1, -0.05) is 30.3 Å². The smallest absolute Gasteiger partial charge is 0.269 e. The minimum Gasteiger partial charge on any atom is -0.369 e. The summed E-state index contributed by atoms with van der Waals surface area (Å²) in [6, 6.07) is 18.1. The molecule has 1 atom stereocenters. The first kappa shape index (κ1) is 20.4. The van der Waals surface area contributed by atoms with Gasteiger partial charge in [0.2, 0.25) is 0 Å². The SMILES string of the molecule is O=C1c2cccc3cccc(c23)C(O)N1CCN1CCN(c2ccc([N+](=O)[O-])cc2)CC1. The molecular weight excluding hydrogens is 408 g/mol. The Morgan fingerprint density at radius 3 is 2.31 bits per heavy atom. The fourth-order valence-electron chi connectivity index (χ4n) is 4.68. The van der Waals surface area contributed by atoms with Crippen LogP contribution >= 0.6 is 0 Å². The zero-order chi connectivity index (χ0) is 22.2. The van der Waals surface area contributed by atoms with Gasteiger partial charge in [-0.2, -0.15) is 0 Å². The van der Waals surface area contributed by atoms with E-state index in [2.05, 4.69) is 9.80 Å². The van der Waals surface area contributed by atoms with Crippen molar-refractivity contribution in [2.45, 2.75) is 6.23 Å². The quantitative estimate of drug-likeness (QED) is 0.492. The van der Waals surface area contributed by atoms with Crippen molar-refractivity contribution < 1.29 is 14.8 Å². The van der Waals surface area contributed by atoms with Crippen molar-refractivity contribution in [3.05, 3.63) is 81.9 Å². The number of aliphatic hydroxyl groups is 1. The van der Waals surface area contributed by atoms with Crippen LogP contribution in [0.1, 0.15) is 22.1 Å². The molecule has 1 unspecified atom stereocenters. The molecule has 0 bridgehead atoms. The average molecular weight is 432 g/mol. The molecule has 2 aliphatic rings. The number of nitrogens with zero attached hydrogens (tertiary/aromatic N) is 4. The molecule has 1 N–H and O–H groups in total. The topological polar surface area (TPSA) is 90.2 Å². The van der Waals surface area contributed by atoms with Crippen LogP contribution in [-0.4, -0.2) is 65.0 Å². The van der Waals surface area contributed by atoms with Crippen LogP contribution in [0, 0.1) is 10.1 Å². The van der Waals surface area contributed by atoms with Crippen molar-refractivity contribution >= 4 is 28.1 Å². The molecule has 0 radical (unpaired) electrons. The van der Waals surface area contributed by atoms with E-state index in [1.54, 1.807) is 17.0 Å². The van der Waals surface area contributed by atoms with Gasteiger partial charge in [-0.15, -0.1) is 0 Å². The Hall–Kier alpha value is -3.49. The molecule has 164 valence electrons. The Kier molecular flexibility index (Phi) is 5.24. The van der Waals surface area contributed by atoms with Gasteiger partial charge in [-0.3, -0.25) is 19.8 Å². The number of anilines is 1. The van der Waals surface area contributed by atoms with E-state index in [0.717, 1.165) is 48.2 Å². The maximum Gasteiger partial charge on any atom is 0.269 e. The van der Waals surface area contributed by atoms with Crippen LogP contribution in [0.3, 0.4) is 0 Å². The number of carbonyl (C=O) groups is 1. The molecule has 0 aliphatic carbocycles. The lowest BCUT2D eigenvalue weighted by molar-refractivity contribution is -0.384. The molecule has 1 amide bonds. The number of piperazine rings is 1. The van der Waals surface area contributed by atoms with Gasteiger partial charge in [0.05, 0.1) is 4.92 Å². The number of aliphatic hydroxyl groups excluding tert-OH is 1. The maximum absolute atomic E-state index is 13.1. The van der Waals surface area contributed by atoms with Gasteiger partial charge in [0.25, 0.3) is 11.6 Å². The zero-order valence-corrected chi connectivity index (χ0v) is 17.6. The monoisotopic (exact) mass is 432 g/mol. The zero-order valence-electron chi connectivity index (χ0n) is 17.6. The molecule has 32 heavy (non-hydrogen) atoms. The molecule has 3 aromatic rings. The van der Waals surface area contributed by atoms with Gasteiger partial charge < -0.3 is 14.9 Å². The van der Waals surface area contributed by atoms with Crippen molar-refractivity contribution in [1.29, 1.82) is 0 Å². The first-order valence-electron chi connectivity index (χ1n) is 10.8. The maximum atomic E-state index is 13.1. The summed E-state index contributed by atoms with van der Waals surface area (Å²) in [5.74, 6) is -0.133. The normalized spacial score (nSPS) is 18.9. The van der Waals surface area contributed by atoms with Crippen molar-refractivity contribution in [2.24, 2.45) is 0 Å². The van der Waals surface area contributed by atoms with Gasteiger partial charge >= 0.3 is 0 Å². The van der Waals surface area contributed by atoms with Crippen molar-refractivity contribution in [3.8, 4) is 0 Å². The average Bonchev–Trinajstić information content (AvgIpc) is 2.83. The largest absolute Gasteiger partial charge is 0.369 e. The first-order valence-corrected chi connectivity index (χ1v) is 10.8. The highest BCUT2D eigenvalue weighted by Crippen LogP contribution is 2.35. The van der Waals surface area contributed by atoms with E-state index in [1.807, 2.05) is 36.4 Å². The minimum atomic E-state index is -0.942. The fourth-order valence-corrected chi connectivity index (χ4v) is 4.68. The van der Waals surface area contributed by atoms with E-state index >= 15 is 0 Å². The second-order valence-electron chi connectivity index (χ2n) is 8.23. The van der Waals surface area contributed by atoms with E-state index in [1.165, 1.54) is 12.1 Å². The number of carbonyl (C=O) groups excluding carboxylic acids is 1. The number of hydrogen-bond acceptors (Lipinski definition) is 6. The lowest BCUT2D eigenvalue weighted by Gasteiger charge is -2.38. The van der Waals surface area contributed by atoms with Gasteiger partial charge in [-0.05, 0) is 23.6 Å². The summed E-state index contributed by atoms with van der Waals surface area (Å²) in [4.78, 5) is 29.6. The number of benzene rings is 3. The number of nitro benzene ring substituents is 1. The Balaban J connectivity index is 1.22. The van der Waals surface area contributed by atoms with Crippen LogP contribution in [0.4, 0.5) is 11.4 Å². The molecule has 1 fully saturated rings. The molecule has 5 rings (SSSR count). The third kappa shape index (κ3) is 3.57. The Morgan fingerprint density at radius 2 is 1.62 bits per heavy atom. The molecule has 3 aromatic carbocycles. The van der Waals surface area contributed by atoms with E-state index in [4.69, 9.17) is 0 Å². The minimum absolute atomic E-state index is 0.0920. The fraction of sp³-hybridized carbons (Fsp3) is 0.292. The van der Waals surface area contributed by atoms with E-state index in [0.29, 0.717) is 18.7 Å². The highest BCUT2D eigenvalue weighted by Gasteiger charge is 2.33. The summed E-state index contributed by atoms with van der Waals surface area (Å²) in [6.07, 6.45) is -0.942. The Labute approximate surface area is 185 Å². The Morgan fingerprint density at radius 1 is 0.938 bits per heavy atom. The van der Waals surface area contributed by atoms with Crippen LogP contribution in [0.2, 0.25) is 0 Å². The number of hydrogen-bond donors (Lipinski definition) is 1. The number of amides is 1. The van der Waals surface area contributed by atoms with Crippen molar-refractivity contribution in [2.75, 3.05) is 44.2 Å². The third-order valence-corrected chi connectivity index (χ3v) is 6.46. The molecule has 1 saturated heterocycles. The van der Waals surface area contributed by atoms with Crippen molar-refractivity contribution in [1.82, 2.24) is 9.80 Å². The van der Waals surface area contributed by atoms with Gasteiger partial charge in [0.1, 0.15) is 0 Å². The molecule has 2 heterocycles. The summed E-state index contributed by atoms with van der Waals surface area (Å²) < 4.78 is 0. The number of non-ortho nitro benzene ring substituents is 1. The molecule has 0 aromatic heterocycles. The van der Waals surface area contributed by atoms with Gasteiger partial charge in [-0.25, -0.2) is 0 Å². The van der Waals surface area contributed by atoms with Crippen LogP contribution in [-0.2, 0) is 0 Å². The highest BCUT2D eigenvalue weighted by molar-refractivity contribution is 6.10. The van der Waals surface area contributed by atoms with E-state index in [-0.39, 0.29) is 11.6 Å². The predicted molar refractivity (Wildman–Crippen MR) is 122 cm³/mol. The molecule has 8 heteroatoms. The summed E-state index contributed by atoms with van der Waals surface area (Å²) in [6.45, 7) is 4.37. The number of nitro groups is 1.